The molecule has 0 saturated carbocycles. The van der Waals surface area contributed by atoms with Gasteiger partial charge in [-0.25, -0.2) is 4.79 Å². The smallest absolute Gasteiger partial charge is 0.341 e. The SMILES string of the molecule is COC(=O)c1c(NC(=O)CCc2ccc(OC)c(OC)c2)sc2c1CCC2. The summed E-state index contributed by atoms with van der Waals surface area (Å²) in [6.45, 7) is 0. The van der Waals surface area contributed by atoms with Gasteiger partial charge >= 0.3 is 5.97 Å². The molecular formula is C20H23NO5S. The molecule has 1 aliphatic carbocycles. The van der Waals surface area contributed by atoms with Crippen LogP contribution in [0.2, 0.25) is 0 Å². The molecule has 2 aromatic rings. The molecule has 27 heavy (non-hydrogen) atoms. The first-order valence-electron chi connectivity index (χ1n) is 8.81. The molecule has 7 heteroatoms. The molecule has 1 aromatic heterocycles. The van der Waals surface area contributed by atoms with Gasteiger partial charge in [0, 0.05) is 11.3 Å². The second kappa shape index (κ2) is 8.43. The van der Waals surface area contributed by atoms with E-state index in [1.807, 2.05) is 18.2 Å². The maximum Gasteiger partial charge on any atom is 0.341 e. The summed E-state index contributed by atoms with van der Waals surface area (Å²) in [5.74, 6) is 0.777. The summed E-state index contributed by atoms with van der Waals surface area (Å²) in [6.07, 6.45) is 3.71. The first-order chi connectivity index (χ1) is 13.1. The van der Waals surface area contributed by atoms with E-state index in [1.54, 1.807) is 14.2 Å². The third-order valence-electron chi connectivity index (χ3n) is 4.65. The van der Waals surface area contributed by atoms with E-state index in [-0.39, 0.29) is 11.9 Å². The van der Waals surface area contributed by atoms with Gasteiger partial charge in [-0.15, -0.1) is 11.3 Å². The predicted octanol–water partition coefficient (Wildman–Crippen LogP) is 3.61. The molecule has 0 unspecified atom stereocenters. The lowest BCUT2D eigenvalue weighted by molar-refractivity contribution is -0.116. The van der Waals surface area contributed by atoms with Gasteiger partial charge in [-0.3, -0.25) is 4.79 Å². The Morgan fingerprint density at radius 3 is 2.59 bits per heavy atom. The van der Waals surface area contributed by atoms with E-state index < -0.39 is 0 Å². The number of benzene rings is 1. The highest BCUT2D eigenvalue weighted by Crippen LogP contribution is 2.39. The van der Waals surface area contributed by atoms with Crippen molar-refractivity contribution in [3.05, 3.63) is 39.8 Å². The number of ether oxygens (including phenoxy) is 3. The van der Waals surface area contributed by atoms with E-state index in [4.69, 9.17) is 14.2 Å². The Morgan fingerprint density at radius 1 is 1.11 bits per heavy atom. The summed E-state index contributed by atoms with van der Waals surface area (Å²) in [4.78, 5) is 25.8. The van der Waals surface area contributed by atoms with Gasteiger partial charge < -0.3 is 19.5 Å². The Kier molecular flexibility index (Phi) is 6.01. The molecule has 0 aliphatic heterocycles. The number of amides is 1. The van der Waals surface area contributed by atoms with E-state index >= 15 is 0 Å². The summed E-state index contributed by atoms with van der Waals surface area (Å²) >= 11 is 1.48. The number of carbonyl (C=O) groups is 2. The second-order valence-corrected chi connectivity index (χ2v) is 7.40. The molecule has 1 N–H and O–H groups in total. The molecule has 0 radical (unpaired) electrons. The minimum Gasteiger partial charge on any atom is -0.493 e. The number of nitrogens with one attached hydrogen (secondary N) is 1. The predicted molar refractivity (Wildman–Crippen MR) is 104 cm³/mol. The molecule has 0 spiro atoms. The number of aryl methyl sites for hydroxylation is 2. The summed E-state index contributed by atoms with van der Waals surface area (Å²) in [7, 11) is 4.53. The maximum atomic E-state index is 12.4. The molecule has 1 amide bonds. The van der Waals surface area contributed by atoms with Crippen molar-refractivity contribution in [2.45, 2.75) is 32.1 Å². The Morgan fingerprint density at radius 2 is 1.89 bits per heavy atom. The molecule has 0 atom stereocenters. The number of esters is 1. The molecular weight excluding hydrogens is 366 g/mol. The van der Waals surface area contributed by atoms with Gasteiger partial charge in [-0.05, 0) is 48.9 Å². The highest BCUT2D eigenvalue weighted by atomic mass is 32.1. The fourth-order valence-corrected chi connectivity index (χ4v) is 4.59. The van der Waals surface area contributed by atoms with Gasteiger partial charge in [0.25, 0.3) is 0 Å². The van der Waals surface area contributed by atoms with Gasteiger partial charge in [0.05, 0.1) is 26.9 Å². The van der Waals surface area contributed by atoms with E-state index in [1.165, 1.54) is 23.3 Å². The van der Waals surface area contributed by atoms with Crippen molar-refractivity contribution < 1.29 is 23.8 Å². The zero-order chi connectivity index (χ0) is 19.4. The van der Waals surface area contributed by atoms with E-state index in [9.17, 15) is 9.59 Å². The van der Waals surface area contributed by atoms with Gasteiger partial charge in [-0.1, -0.05) is 6.07 Å². The highest BCUT2D eigenvalue weighted by molar-refractivity contribution is 7.17. The Balaban J connectivity index is 1.68. The average Bonchev–Trinajstić information content (AvgIpc) is 3.26. The third-order valence-corrected chi connectivity index (χ3v) is 5.86. The summed E-state index contributed by atoms with van der Waals surface area (Å²) in [5.41, 5.74) is 2.53. The van der Waals surface area contributed by atoms with Gasteiger partial charge in [0.2, 0.25) is 5.91 Å². The number of anilines is 1. The summed E-state index contributed by atoms with van der Waals surface area (Å²) in [5, 5.41) is 3.50. The number of methoxy groups -OCH3 is 3. The first kappa shape index (κ1) is 19.2. The Hall–Kier alpha value is -2.54. The highest BCUT2D eigenvalue weighted by Gasteiger charge is 2.27. The number of hydrogen-bond donors (Lipinski definition) is 1. The van der Waals surface area contributed by atoms with Crippen molar-refractivity contribution in [3.8, 4) is 11.5 Å². The number of hydrogen-bond acceptors (Lipinski definition) is 6. The zero-order valence-corrected chi connectivity index (χ0v) is 16.5. The molecule has 6 nitrogen and oxygen atoms in total. The van der Waals surface area contributed by atoms with Crippen LogP contribution in [0.15, 0.2) is 18.2 Å². The topological polar surface area (TPSA) is 73.9 Å². The fraction of sp³-hybridized carbons (Fsp3) is 0.400. The van der Waals surface area contributed by atoms with Crippen LogP contribution in [0, 0.1) is 0 Å². The molecule has 3 rings (SSSR count). The van der Waals surface area contributed by atoms with E-state index in [2.05, 4.69) is 5.32 Å². The largest absolute Gasteiger partial charge is 0.493 e. The van der Waals surface area contributed by atoms with Crippen LogP contribution in [-0.2, 0) is 28.8 Å². The second-order valence-electron chi connectivity index (χ2n) is 6.29. The van der Waals surface area contributed by atoms with Crippen molar-refractivity contribution in [2.75, 3.05) is 26.6 Å². The molecule has 1 heterocycles. The Labute approximate surface area is 162 Å². The lowest BCUT2D eigenvalue weighted by Gasteiger charge is -2.10. The van der Waals surface area contributed by atoms with Crippen molar-refractivity contribution in [1.29, 1.82) is 0 Å². The zero-order valence-electron chi connectivity index (χ0n) is 15.7. The monoisotopic (exact) mass is 389 g/mol. The maximum absolute atomic E-state index is 12.4. The molecule has 1 aromatic carbocycles. The van der Waals surface area contributed by atoms with Crippen LogP contribution in [0.5, 0.6) is 11.5 Å². The summed E-state index contributed by atoms with van der Waals surface area (Å²) in [6, 6.07) is 5.60. The number of carbonyl (C=O) groups excluding carboxylic acids is 2. The van der Waals surface area contributed by atoms with Crippen molar-refractivity contribution in [3.63, 3.8) is 0 Å². The van der Waals surface area contributed by atoms with Crippen molar-refractivity contribution >= 4 is 28.2 Å². The standard InChI is InChI=1S/C20H23NO5S/c1-24-14-9-7-12(11-15(14)25-2)8-10-17(22)21-19-18(20(23)26-3)13-5-4-6-16(13)27-19/h7,9,11H,4-6,8,10H2,1-3H3,(H,21,22). The van der Waals surface area contributed by atoms with Crippen LogP contribution in [0.1, 0.15) is 39.2 Å². The molecule has 1 aliphatic rings. The molecule has 0 saturated heterocycles. The van der Waals surface area contributed by atoms with Gasteiger partial charge in [0.1, 0.15) is 5.00 Å². The molecule has 0 fully saturated rings. The molecule has 0 bridgehead atoms. The van der Waals surface area contributed by atoms with Crippen LogP contribution in [0.4, 0.5) is 5.00 Å². The minimum atomic E-state index is -0.385. The van der Waals surface area contributed by atoms with Gasteiger partial charge in [0.15, 0.2) is 11.5 Å². The number of thiophene rings is 1. The average molecular weight is 389 g/mol. The Bertz CT molecular complexity index is 858. The number of rotatable bonds is 7. The fourth-order valence-electron chi connectivity index (χ4n) is 3.29. The quantitative estimate of drug-likeness (QED) is 0.732. The van der Waals surface area contributed by atoms with Crippen LogP contribution in [0.3, 0.4) is 0 Å². The minimum absolute atomic E-state index is 0.130. The lowest BCUT2D eigenvalue weighted by Crippen LogP contribution is -2.15. The van der Waals surface area contributed by atoms with Crippen LogP contribution in [0.25, 0.3) is 0 Å². The number of fused-ring (bicyclic) bond motifs is 1. The van der Waals surface area contributed by atoms with Crippen LogP contribution < -0.4 is 14.8 Å². The normalized spacial score (nSPS) is 12.4. The van der Waals surface area contributed by atoms with Crippen LogP contribution in [-0.4, -0.2) is 33.2 Å². The van der Waals surface area contributed by atoms with Crippen molar-refractivity contribution in [2.24, 2.45) is 0 Å². The first-order valence-corrected chi connectivity index (χ1v) is 9.62. The van der Waals surface area contributed by atoms with Gasteiger partial charge in [-0.2, -0.15) is 0 Å². The summed E-state index contributed by atoms with van der Waals surface area (Å²) < 4.78 is 15.4. The third kappa shape index (κ3) is 4.08. The van der Waals surface area contributed by atoms with Crippen LogP contribution >= 0.6 is 11.3 Å². The van der Waals surface area contributed by atoms with Crippen molar-refractivity contribution in [1.82, 2.24) is 0 Å². The van der Waals surface area contributed by atoms with E-state index in [0.717, 1.165) is 30.4 Å². The van der Waals surface area contributed by atoms with E-state index in [0.29, 0.717) is 34.9 Å². The lowest BCUT2D eigenvalue weighted by atomic mass is 10.1. The molecule has 144 valence electrons.